The summed E-state index contributed by atoms with van der Waals surface area (Å²) in [5.74, 6) is 0. The summed E-state index contributed by atoms with van der Waals surface area (Å²) in [5, 5.41) is 17.0. The summed E-state index contributed by atoms with van der Waals surface area (Å²) < 4.78 is 1.47. The highest BCUT2D eigenvalue weighted by Gasteiger charge is 2.07. The zero-order chi connectivity index (χ0) is 16.2. The van der Waals surface area contributed by atoms with Crippen LogP contribution in [0.4, 0.5) is 16.2 Å². The number of urea groups is 1. The lowest BCUT2D eigenvalue weighted by Crippen LogP contribution is -2.19. The molecule has 0 saturated carbocycles. The quantitative estimate of drug-likeness (QED) is 0.646. The summed E-state index contributed by atoms with van der Waals surface area (Å²) in [6.45, 7) is 1.97. The molecule has 0 spiro atoms. The van der Waals surface area contributed by atoms with E-state index in [1.807, 2.05) is 37.3 Å². The van der Waals surface area contributed by atoms with E-state index in [0.29, 0.717) is 16.5 Å². The van der Waals surface area contributed by atoms with Gasteiger partial charge in [0.1, 0.15) is 0 Å². The van der Waals surface area contributed by atoms with Crippen molar-refractivity contribution in [2.45, 2.75) is 12.1 Å². The Labute approximate surface area is 138 Å². The topological polar surface area (TPSA) is 84.7 Å². The fourth-order valence-electron chi connectivity index (χ4n) is 2.08. The molecule has 1 aromatic heterocycles. The highest BCUT2D eigenvalue weighted by Crippen LogP contribution is 2.16. The second-order valence-electron chi connectivity index (χ2n) is 4.89. The van der Waals surface area contributed by atoms with Gasteiger partial charge in [-0.3, -0.25) is 0 Å². The van der Waals surface area contributed by atoms with Gasteiger partial charge in [-0.25, -0.2) is 4.79 Å². The van der Waals surface area contributed by atoms with Gasteiger partial charge in [0, 0.05) is 11.4 Å². The number of hydrogen-bond donors (Lipinski definition) is 3. The highest BCUT2D eigenvalue weighted by atomic mass is 32.1. The van der Waals surface area contributed by atoms with Gasteiger partial charge in [-0.05, 0) is 53.2 Å². The van der Waals surface area contributed by atoms with E-state index in [9.17, 15) is 4.79 Å². The molecule has 2 aromatic carbocycles. The predicted octanol–water partition coefficient (Wildman–Crippen LogP) is 2.90. The maximum Gasteiger partial charge on any atom is 0.323 e. The molecule has 1 heterocycles. The molecule has 0 aliphatic rings. The lowest BCUT2D eigenvalue weighted by Gasteiger charge is -2.09. The lowest BCUT2D eigenvalue weighted by atomic mass is 10.2. The molecule has 0 aliphatic heterocycles. The van der Waals surface area contributed by atoms with Gasteiger partial charge in [-0.1, -0.05) is 18.2 Å². The first kappa shape index (κ1) is 15.0. The van der Waals surface area contributed by atoms with Crippen molar-refractivity contribution in [2.24, 2.45) is 0 Å². The molecule has 2 N–H and O–H groups in total. The Hall–Kier alpha value is -2.87. The molecule has 0 unspecified atom stereocenters. The first-order valence-corrected chi connectivity index (χ1v) is 7.29. The van der Waals surface area contributed by atoms with Gasteiger partial charge in [-0.15, -0.1) is 17.7 Å². The van der Waals surface area contributed by atoms with Crippen LogP contribution in [0.5, 0.6) is 0 Å². The van der Waals surface area contributed by atoms with E-state index in [2.05, 4.69) is 38.8 Å². The van der Waals surface area contributed by atoms with Crippen LogP contribution in [-0.4, -0.2) is 26.2 Å². The number of thiol groups is 1. The first-order valence-electron chi connectivity index (χ1n) is 6.84. The second kappa shape index (κ2) is 6.49. The average molecular weight is 326 g/mol. The molecule has 8 heteroatoms. The number of tetrazole rings is 1. The Morgan fingerprint density at radius 2 is 1.78 bits per heavy atom. The van der Waals surface area contributed by atoms with Crippen molar-refractivity contribution in [1.29, 1.82) is 0 Å². The van der Waals surface area contributed by atoms with Crippen LogP contribution in [0.15, 0.2) is 53.7 Å². The minimum Gasteiger partial charge on any atom is -0.308 e. The number of benzene rings is 2. The third-order valence-corrected chi connectivity index (χ3v) is 3.36. The van der Waals surface area contributed by atoms with E-state index in [0.717, 1.165) is 11.3 Å². The number of aromatic nitrogens is 4. The van der Waals surface area contributed by atoms with Crippen molar-refractivity contribution in [3.63, 3.8) is 0 Å². The Morgan fingerprint density at radius 1 is 1.09 bits per heavy atom. The molecule has 2 amide bonds. The van der Waals surface area contributed by atoms with Crippen molar-refractivity contribution >= 4 is 30.0 Å². The molecule has 116 valence electrons. The maximum absolute atomic E-state index is 12.1. The lowest BCUT2D eigenvalue weighted by molar-refractivity contribution is 0.262. The summed E-state index contributed by atoms with van der Waals surface area (Å²) in [5.41, 5.74) is 3.13. The van der Waals surface area contributed by atoms with Crippen LogP contribution in [0.1, 0.15) is 5.56 Å². The Kier molecular flexibility index (Phi) is 4.24. The SMILES string of the molecule is Cc1cccc(NC(=O)Nc2cccc(-n3nnnc3S)c2)c1. The Morgan fingerprint density at radius 3 is 2.43 bits per heavy atom. The Bertz CT molecular complexity index is 847. The zero-order valence-corrected chi connectivity index (χ0v) is 13.2. The van der Waals surface area contributed by atoms with Crippen molar-refractivity contribution in [3.05, 3.63) is 54.1 Å². The molecule has 7 nitrogen and oxygen atoms in total. The molecule has 0 atom stereocenters. The van der Waals surface area contributed by atoms with Crippen LogP contribution in [-0.2, 0) is 0 Å². The van der Waals surface area contributed by atoms with Crippen LogP contribution < -0.4 is 10.6 Å². The van der Waals surface area contributed by atoms with Crippen LogP contribution in [0.3, 0.4) is 0 Å². The first-order chi connectivity index (χ1) is 11.1. The van der Waals surface area contributed by atoms with Crippen molar-refractivity contribution in [2.75, 3.05) is 10.6 Å². The minimum atomic E-state index is -0.324. The summed E-state index contributed by atoms with van der Waals surface area (Å²) in [6.07, 6.45) is 0. The maximum atomic E-state index is 12.1. The van der Waals surface area contributed by atoms with Crippen molar-refractivity contribution in [3.8, 4) is 5.69 Å². The van der Waals surface area contributed by atoms with Gasteiger partial charge >= 0.3 is 6.03 Å². The van der Waals surface area contributed by atoms with Gasteiger partial charge in [-0.2, -0.15) is 4.68 Å². The van der Waals surface area contributed by atoms with E-state index in [1.165, 1.54) is 4.68 Å². The molecule has 0 radical (unpaired) electrons. The van der Waals surface area contributed by atoms with Crippen LogP contribution in [0, 0.1) is 6.92 Å². The highest BCUT2D eigenvalue weighted by molar-refractivity contribution is 7.80. The fourth-order valence-corrected chi connectivity index (χ4v) is 2.28. The van der Waals surface area contributed by atoms with E-state index in [-0.39, 0.29) is 6.03 Å². The smallest absolute Gasteiger partial charge is 0.308 e. The number of carbonyl (C=O) groups is 1. The molecular formula is C15H14N6OS. The van der Waals surface area contributed by atoms with Crippen LogP contribution in [0.2, 0.25) is 0 Å². The van der Waals surface area contributed by atoms with Crippen LogP contribution in [0.25, 0.3) is 5.69 Å². The molecule has 0 aliphatic carbocycles. The van der Waals surface area contributed by atoms with E-state index in [4.69, 9.17) is 0 Å². The number of hydrogen-bond acceptors (Lipinski definition) is 5. The monoisotopic (exact) mass is 326 g/mol. The largest absolute Gasteiger partial charge is 0.323 e. The second-order valence-corrected chi connectivity index (χ2v) is 5.29. The van der Waals surface area contributed by atoms with Gasteiger partial charge < -0.3 is 10.6 Å². The standard InChI is InChI=1S/C15H14N6OS/c1-10-4-2-5-11(8-10)16-14(22)17-12-6-3-7-13(9-12)21-15(23)18-19-20-21/h2-9H,1H3,(H2,16,17,22)(H,18,20,23). The number of carbonyl (C=O) groups excluding carboxylic acids is 1. The molecule has 3 aromatic rings. The summed E-state index contributed by atoms with van der Waals surface area (Å²) >= 11 is 4.17. The van der Waals surface area contributed by atoms with Gasteiger partial charge in [0.2, 0.25) is 5.16 Å². The number of aryl methyl sites for hydroxylation is 1. The van der Waals surface area contributed by atoms with Crippen molar-refractivity contribution in [1.82, 2.24) is 20.2 Å². The van der Waals surface area contributed by atoms with E-state index < -0.39 is 0 Å². The predicted molar refractivity (Wildman–Crippen MR) is 90.2 cm³/mol. The summed E-state index contributed by atoms with van der Waals surface area (Å²) in [6, 6.07) is 14.4. The van der Waals surface area contributed by atoms with Gasteiger partial charge in [0.15, 0.2) is 0 Å². The minimum absolute atomic E-state index is 0.324. The fraction of sp³-hybridized carbons (Fsp3) is 0.0667. The number of nitrogens with one attached hydrogen (secondary N) is 2. The molecule has 0 saturated heterocycles. The van der Waals surface area contributed by atoms with Crippen LogP contribution >= 0.6 is 12.6 Å². The van der Waals surface area contributed by atoms with Gasteiger partial charge in [0.25, 0.3) is 0 Å². The average Bonchev–Trinajstić information content (AvgIpc) is 2.93. The Balaban J connectivity index is 1.73. The molecule has 0 fully saturated rings. The number of nitrogens with zero attached hydrogens (tertiary/aromatic N) is 4. The normalized spacial score (nSPS) is 10.3. The zero-order valence-electron chi connectivity index (χ0n) is 12.3. The number of anilines is 2. The third-order valence-electron chi connectivity index (χ3n) is 3.08. The van der Waals surface area contributed by atoms with Gasteiger partial charge in [0.05, 0.1) is 5.69 Å². The molecule has 0 bridgehead atoms. The van der Waals surface area contributed by atoms with Crippen molar-refractivity contribution < 1.29 is 4.79 Å². The van der Waals surface area contributed by atoms with E-state index in [1.54, 1.807) is 18.2 Å². The summed E-state index contributed by atoms with van der Waals surface area (Å²) in [4.78, 5) is 12.1. The molecule has 3 rings (SSSR count). The molecule has 23 heavy (non-hydrogen) atoms. The number of amides is 2. The number of rotatable bonds is 3. The van der Waals surface area contributed by atoms with E-state index >= 15 is 0 Å². The molecular weight excluding hydrogens is 312 g/mol. The third kappa shape index (κ3) is 3.67. The summed E-state index contributed by atoms with van der Waals surface area (Å²) in [7, 11) is 0.